The summed E-state index contributed by atoms with van der Waals surface area (Å²) in [6, 6.07) is 28.3. The van der Waals surface area contributed by atoms with Crippen LogP contribution in [-0.4, -0.2) is 10.9 Å². The lowest BCUT2D eigenvalue weighted by atomic mass is 9.96. The largest absolute Gasteiger partial charge is 0.325 e. The molecule has 0 saturated heterocycles. The number of hydrogen-bond donors (Lipinski definition) is 1. The molecule has 1 aliphatic rings. The summed E-state index contributed by atoms with van der Waals surface area (Å²) in [4.78, 5) is 19.8. The molecular weight excluding hydrogens is 352 g/mol. The molecule has 4 heteroatoms. The van der Waals surface area contributed by atoms with Gasteiger partial charge in [-0.1, -0.05) is 66.4 Å². The number of carbonyl (C=O) groups excluding carboxylic acids is 1. The Morgan fingerprint density at radius 1 is 0.852 bits per heavy atom. The minimum absolute atomic E-state index is 0.0188. The van der Waals surface area contributed by atoms with Crippen molar-refractivity contribution in [2.24, 2.45) is 0 Å². The van der Waals surface area contributed by atoms with Crippen molar-refractivity contribution in [1.82, 2.24) is 4.98 Å². The molecule has 1 amide bonds. The summed E-state index contributed by atoms with van der Waals surface area (Å²) in [5, 5.41) is 4.08. The number of amides is 1. The predicted octanol–water partition coefficient (Wildman–Crippen LogP) is 5.47. The highest BCUT2D eigenvalue weighted by Crippen LogP contribution is 2.40. The summed E-state index contributed by atoms with van der Waals surface area (Å²) in [6.07, 6.45) is 0. The first-order chi connectivity index (χ1) is 13.3. The molecule has 3 aromatic carbocycles. The normalized spacial score (nSPS) is 15.6. The monoisotopic (exact) mass is 368 g/mol. The Labute approximate surface area is 161 Å². The van der Waals surface area contributed by atoms with E-state index in [2.05, 4.69) is 29.6 Å². The van der Waals surface area contributed by atoms with E-state index in [1.54, 1.807) is 11.8 Å². The van der Waals surface area contributed by atoms with Crippen LogP contribution in [0.25, 0.3) is 10.9 Å². The number of nitrogens with zero attached hydrogens (tertiary/aromatic N) is 1. The number of pyridine rings is 1. The molecule has 1 unspecified atom stereocenters. The number of aromatic nitrogens is 1. The fraction of sp³-hybridized carbons (Fsp3) is 0.0435. The molecule has 3 nitrogen and oxygen atoms in total. The van der Waals surface area contributed by atoms with Crippen molar-refractivity contribution in [1.29, 1.82) is 0 Å². The highest BCUT2D eigenvalue weighted by atomic mass is 32.2. The zero-order valence-corrected chi connectivity index (χ0v) is 15.2. The van der Waals surface area contributed by atoms with E-state index in [9.17, 15) is 4.79 Å². The number of nitrogens with one attached hydrogen (secondary N) is 1. The summed E-state index contributed by atoms with van der Waals surface area (Å²) in [5.74, 6) is -0.393. The number of anilines is 1. The lowest BCUT2D eigenvalue weighted by molar-refractivity contribution is -0.116. The third-order valence-corrected chi connectivity index (χ3v) is 5.82. The van der Waals surface area contributed by atoms with Crippen molar-refractivity contribution in [2.45, 2.75) is 15.7 Å². The Balaban J connectivity index is 1.67. The summed E-state index contributed by atoms with van der Waals surface area (Å²) >= 11 is 1.70. The Bertz CT molecular complexity index is 1160. The summed E-state index contributed by atoms with van der Waals surface area (Å²) < 4.78 is 0. The molecule has 2 heterocycles. The first-order valence-corrected chi connectivity index (χ1v) is 9.63. The van der Waals surface area contributed by atoms with Gasteiger partial charge < -0.3 is 5.32 Å². The van der Waals surface area contributed by atoms with Crippen LogP contribution >= 0.6 is 11.8 Å². The van der Waals surface area contributed by atoms with Crippen molar-refractivity contribution in [3.8, 4) is 0 Å². The maximum absolute atomic E-state index is 12.7. The van der Waals surface area contributed by atoms with Crippen LogP contribution in [0.1, 0.15) is 17.2 Å². The van der Waals surface area contributed by atoms with Gasteiger partial charge in [0.05, 0.1) is 11.2 Å². The van der Waals surface area contributed by atoms with Gasteiger partial charge >= 0.3 is 0 Å². The Kier molecular flexibility index (Phi) is 3.91. The second kappa shape index (κ2) is 6.56. The molecule has 5 rings (SSSR count). The minimum atomic E-state index is -0.374. The standard InChI is InChI=1S/C23H16N2OS/c26-23-22(17-11-5-7-13-19(17)25-23)20-14-21(27-15-8-2-1-3-9-15)16-10-4-6-12-18(16)24-20/h1-14,22H,(H,25,26). The van der Waals surface area contributed by atoms with Gasteiger partial charge in [0, 0.05) is 20.9 Å². The fourth-order valence-electron chi connectivity index (χ4n) is 3.51. The SMILES string of the molecule is O=C1Nc2ccccc2C1c1cc(Sc2ccccc2)c2ccccc2n1. The highest BCUT2D eigenvalue weighted by molar-refractivity contribution is 7.99. The van der Waals surface area contributed by atoms with Crippen molar-refractivity contribution in [2.75, 3.05) is 5.32 Å². The van der Waals surface area contributed by atoms with Crippen molar-refractivity contribution in [3.63, 3.8) is 0 Å². The second-order valence-electron chi connectivity index (χ2n) is 6.49. The quantitative estimate of drug-likeness (QED) is 0.521. The first kappa shape index (κ1) is 16.1. The van der Waals surface area contributed by atoms with Gasteiger partial charge in [0.1, 0.15) is 5.92 Å². The molecule has 1 N–H and O–H groups in total. The van der Waals surface area contributed by atoms with E-state index in [1.165, 1.54) is 0 Å². The van der Waals surface area contributed by atoms with Gasteiger partial charge in [0.15, 0.2) is 0 Å². The molecule has 0 saturated carbocycles. The van der Waals surface area contributed by atoms with E-state index in [0.717, 1.165) is 37.6 Å². The molecule has 0 aliphatic carbocycles. The lowest BCUT2D eigenvalue weighted by Crippen LogP contribution is -2.14. The van der Waals surface area contributed by atoms with Crippen molar-refractivity contribution >= 4 is 34.3 Å². The molecule has 0 bridgehead atoms. The van der Waals surface area contributed by atoms with Crippen LogP contribution in [0.3, 0.4) is 0 Å². The Morgan fingerprint density at radius 2 is 1.59 bits per heavy atom. The minimum Gasteiger partial charge on any atom is -0.325 e. The molecule has 1 aliphatic heterocycles. The molecule has 1 atom stereocenters. The fourth-order valence-corrected chi connectivity index (χ4v) is 4.52. The van der Waals surface area contributed by atoms with Gasteiger partial charge in [0.25, 0.3) is 0 Å². The Morgan fingerprint density at radius 3 is 2.48 bits per heavy atom. The molecular formula is C23H16N2OS. The van der Waals surface area contributed by atoms with Crippen LogP contribution in [-0.2, 0) is 4.79 Å². The summed E-state index contributed by atoms with van der Waals surface area (Å²) in [7, 11) is 0. The van der Waals surface area contributed by atoms with E-state index >= 15 is 0 Å². The van der Waals surface area contributed by atoms with Crippen LogP contribution < -0.4 is 5.32 Å². The smallest absolute Gasteiger partial charge is 0.238 e. The molecule has 130 valence electrons. The van der Waals surface area contributed by atoms with E-state index in [4.69, 9.17) is 4.98 Å². The van der Waals surface area contributed by atoms with E-state index in [0.29, 0.717) is 0 Å². The third-order valence-electron chi connectivity index (χ3n) is 4.76. The summed E-state index contributed by atoms with van der Waals surface area (Å²) in [6.45, 7) is 0. The number of para-hydroxylation sites is 2. The van der Waals surface area contributed by atoms with E-state index in [1.807, 2.05) is 60.7 Å². The average Bonchev–Trinajstić information content (AvgIpc) is 3.04. The number of rotatable bonds is 3. The number of fused-ring (bicyclic) bond motifs is 2. The van der Waals surface area contributed by atoms with Crippen LogP contribution in [0.2, 0.25) is 0 Å². The zero-order chi connectivity index (χ0) is 18.2. The number of benzene rings is 3. The van der Waals surface area contributed by atoms with Crippen LogP contribution in [0, 0.1) is 0 Å². The predicted molar refractivity (Wildman–Crippen MR) is 109 cm³/mol. The van der Waals surface area contributed by atoms with Crippen LogP contribution in [0.15, 0.2) is 94.7 Å². The topological polar surface area (TPSA) is 42.0 Å². The third kappa shape index (κ3) is 2.88. The van der Waals surface area contributed by atoms with Crippen LogP contribution in [0.4, 0.5) is 5.69 Å². The molecule has 0 spiro atoms. The van der Waals surface area contributed by atoms with E-state index in [-0.39, 0.29) is 11.8 Å². The maximum atomic E-state index is 12.7. The Hall–Kier alpha value is -3.11. The number of carbonyl (C=O) groups is 1. The van der Waals surface area contributed by atoms with Gasteiger partial charge in [-0.3, -0.25) is 9.78 Å². The average molecular weight is 368 g/mol. The molecule has 4 aromatic rings. The van der Waals surface area contributed by atoms with Gasteiger partial charge in [-0.15, -0.1) is 0 Å². The first-order valence-electron chi connectivity index (χ1n) is 8.82. The van der Waals surface area contributed by atoms with Crippen LogP contribution in [0.5, 0.6) is 0 Å². The van der Waals surface area contributed by atoms with Gasteiger partial charge in [-0.2, -0.15) is 0 Å². The van der Waals surface area contributed by atoms with Crippen molar-refractivity contribution in [3.05, 3.63) is 96.2 Å². The highest BCUT2D eigenvalue weighted by Gasteiger charge is 2.33. The molecule has 1 aromatic heterocycles. The molecule has 0 radical (unpaired) electrons. The maximum Gasteiger partial charge on any atom is 0.238 e. The summed E-state index contributed by atoms with van der Waals surface area (Å²) in [5.41, 5.74) is 3.56. The number of hydrogen-bond acceptors (Lipinski definition) is 3. The van der Waals surface area contributed by atoms with Gasteiger partial charge in [0.2, 0.25) is 5.91 Å². The van der Waals surface area contributed by atoms with E-state index < -0.39 is 0 Å². The molecule has 27 heavy (non-hydrogen) atoms. The molecule has 0 fully saturated rings. The second-order valence-corrected chi connectivity index (χ2v) is 7.60. The zero-order valence-electron chi connectivity index (χ0n) is 14.4. The van der Waals surface area contributed by atoms with Gasteiger partial charge in [-0.05, 0) is 35.9 Å². The lowest BCUT2D eigenvalue weighted by Gasteiger charge is -2.13. The van der Waals surface area contributed by atoms with Crippen molar-refractivity contribution < 1.29 is 4.79 Å². The van der Waals surface area contributed by atoms with Gasteiger partial charge in [-0.25, -0.2) is 0 Å².